The molecule has 0 aliphatic carbocycles. The fourth-order valence-electron chi connectivity index (χ4n) is 1.63. The number of allylic oxidation sites excluding steroid dienone is 1. The maximum Gasteiger partial charge on any atom is 0.0712 e. The third-order valence-corrected chi connectivity index (χ3v) is 2.51. The van der Waals surface area contributed by atoms with Gasteiger partial charge in [-0.15, -0.1) is 6.58 Å². The summed E-state index contributed by atoms with van der Waals surface area (Å²) in [5.74, 6) is 0.0519. The molecule has 1 nitrogen and oxygen atoms in total. The van der Waals surface area contributed by atoms with Crippen molar-refractivity contribution >= 4 is 0 Å². The van der Waals surface area contributed by atoms with Gasteiger partial charge in [0.05, 0.1) is 12.0 Å². The van der Waals surface area contributed by atoms with Crippen LogP contribution in [0.4, 0.5) is 0 Å². The van der Waals surface area contributed by atoms with Crippen LogP contribution in [-0.4, -0.2) is 0 Å². The fraction of sp³-hybridized carbons (Fsp3) is 0.357. The molecule has 0 bridgehead atoms. The molecule has 78 valence electrons. The van der Waals surface area contributed by atoms with Crippen LogP contribution in [0.25, 0.3) is 0 Å². The molecule has 0 aliphatic heterocycles. The topological polar surface area (TPSA) is 23.8 Å². The Morgan fingerprint density at radius 1 is 1.27 bits per heavy atom. The largest absolute Gasteiger partial charge is 0.198 e. The van der Waals surface area contributed by atoms with E-state index in [1.807, 2.05) is 36.4 Å². The number of nitrogens with zero attached hydrogens (tertiary/aromatic N) is 1. The van der Waals surface area contributed by atoms with Crippen LogP contribution in [0.3, 0.4) is 0 Å². The van der Waals surface area contributed by atoms with Crippen molar-refractivity contribution in [2.24, 2.45) is 0 Å². The van der Waals surface area contributed by atoms with E-state index in [1.165, 1.54) is 0 Å². The highest BCUT2D eigenvalue weighted by atomic mass is 14.3. The Labute approximate surface area is 92.1 Å². The van der Waals surface area contributed by atoms with Crippen molar-refractivity contribution in [3.63, 3.8) is 0 Å². The number of unbranched alkanes of at least 4 members (excludes halogenated alkanes) is 2. The Balaban J connectivity index is 2.44. The lowest BCUT2D eigenvalue weighted by Gasteiger charge is -2.08. The Kier molecular flexibility index (Phi) is 5.25. The molecule has 0 fully saturated rings. The summed E-state index contributed by atoms with van der Waals surface area (Å²) in [5.41, 5.74) is 1.14. The number of benzene rings is 1. The van der Waals surface area contributed by atoms with Gasteiger partial charge in [-0.1, -0.05) is 42.8 Å². The number of hydrogen-bond donors (Lipinski definition) is 0. The summed E-state index contributed by atoms with van der Waals surface area (Å²) in [6, 6.07) is 12.4. The first-order valence-electron chi connectivity index (χ1n) is 5.44. The van der Waals surface area contributed by atoms with Gasteiger partial charge in [-0.3, -0.25) is 0 Å². The normalized spacial score (nSPS) is 11.7. The van der Waals surface area contributed by atoms with E-state index in [0.29, 0.717) is 0 Å². The second-order valence-corrected chi connectivity index (χ2v) is 3.67. The van der Waals surface area contributed by atoms with Crippen LogP contribution in [0.1, 0.15) is 37.2 Å². The number of hydrogen-bond acceptors (Lipinski definition) is 1. The zero-order valence-electron chi connectivity index (χ0n) is 9.02. The van der Waals surface area contributed by atoms with Crippen LogP contribution in [0.2, 0.25) is 0 Å². The SMILES string of the molecule is C=CCCCCC(C#N)c1ccccc1. The molecule has 0 heterocycles. The molecule has 0 radical (unpaired) electrons. The number of nitriles is 1. The van der Waals surface area contributed by atoms with E-state index in [9.17, 15) is 0 Å². The summed E-state index contributed by atoms with van der Waals surface area (Å²) in [6.45, 7) is 3.69. The molecule has 1 atom stereocenters. The maximum atomic E-state index is 9.07. The molecule has 0 aliphatic rings. The summed E-state index contributed by atoms with van der Waals surface area (Å²) < 4.78 is 0. The first-order valence-corrected chi connectivity index (χ1v) is 5.44. The second-order valence-electron chi connectivity index (χ2n) is 3.67. The summed E-state index contributed by atoms with van der Waals surface area (Å²) in [4.78, 5) is 0. The van der Waals surface area contributed by atoms with Gasteiger partial charge in [-0.2, -0.15) is 5.26 Å². The van der Waals surface area contributed by atoms with E-state index in [4.69, 9.17) is 5.26 Å². The summed E-state index contributed by atoms with van der Waals surface area (Å²) in [5, 5.41) is 9.07. The van der Waals surface area contributed by atoms with Crippen molar-refractivity contribution in [1.29, 1.82) is 5.26 Å². The molecule has 1 heteroatoms. The molecular formula is C14H17N. The average molecular weight is 199 g/mol. The van der Waals surface area contributed by atoms with E-state index >= 15 is 0 Å². The maximum absolute atomic E-state index is 9.07. The third-order valence-electron chi connectivity index (χ3n) is 2.51. The van der Waals surface area contributed by atoms with Crippen molar-refractivity contribution in [2.75, 3.05) is 0 Å². The highest BCUT2D eigenvalue weighted by molar-refractivity contribution is 5.24. The standard InChI is InChI=1S/C14H17N/c1-2-3-4-6-11-14(12-15)13-9-7-5-8-10-13/h2,5,7-10,14H,1,3-4,6,11H2. The molecule has 0 saturated heterocycles. The number of rotatable bonds is 6. The van der Waals surface area contributed by atoms with Gasteiger partial charge in [-0.25, -0.2) is 0 Å². The Bertz CT molecular complexity index is 321. The van der Waals surface area contributed by atoms with Crippen LogP contribution in [0.15, 0.2) is 43.0 Å². The van der Waals surface area contributed by atoms with E-state index < -0.39 is 0 Å². The molecule has 0 aromatic heterocycles. The van der Waals surface area contributed by atoms with Gasteiger partial charge in [0, 0.05) is 0 Å². The minimum absolute atomic E-state index is 0.0519. The van der Waals surface area contributed by atoms with Gasteiger partial charge in [0.2, 0.25) is 0 Å². The molecule has 1 unspecified atom stereocenters. The Morgan fingerprint density at radius 2 is 2.00 bits per heavy atom. The Hall–Kier alpha value is -1.55. The van der Waals surface area contributed by atoms with Gasteiger partial charge in [0.15, 0.2) is 0 Å². The van der Waals surface area contributed by atoms with Crippen molar-refractivity contribution in [1.82, 2.24) is 0 Å². The summed E-state index contributed by atoms with van der Waals surface area (Å²) in [6.07, 6.45) is 6.17. The van der Waals surface area contributed by atoms with Crippen LogP contribution >= 0.6 is 0 Å². The van der Waals surface area contributed by atoms with Crippen LogP contribution in [0, 0.1) is 11.3 Å². The van der Waals surface area contributed by atoms with Gasteiger partial charge in [0.1, 0.15) is 0 Å². The predicted octanol–water partition coefficient (Wildman–Crippen LogP) is 4.04. The van der Waals surface area contributed by atoms with Crippen LogP contribution < -0.4 is 0 Å². The molecule has 1 aromatic carbocycles. The minimum atomic E-state index is 0.0519. The minimum Gasteiger partial charge on any atom is -0.198 e. The first-order chi connectivity index (χ1) is 7.38. The van der Waals surface area contributed by atoms with Crippen molar-refractivity contribution in [3.8, 4) is 6.07 Å². The molecule has 1 aromatic rings. The Morgan fingerprint density at radius 3 is 2.60 bits per heavy atom. The van der Waals surface area contributed by atoms with Gasteiger partial charge >= 0.3 is 0 Å². The highest BCUT2D eigenvalue weighted by Crippen LogP contribution is 2.21. The van der Waals surface area contributed by atoms with Crippen LogP contribution in [-0.2, 0) is 0 Å². The van der Waals surface area contributed by atoms with Crippen molar-refractivity contribution in [3.05, 3.63) is 48.6 Å². The van der Waals surface area contributed by atoms with Crippen molar-refractivity contribution < 1.29 is 0 Å². The first kappa shape index (κ1) is 11.5. The highest BCUT2D eigenvalue weighted by Gasteiger charge is 2.08. The lowest BCUT2D eigenvalue weighted by atomic mass is 9.95. The zero-order valence-corrected chi connectivity index (χ0v) is 9.02. The van der Waals surface area contributed by atoms with E-state index in [0.717, 1.165) is 31.2 Å². The van der Waals surface area contributed by atoms with Crippen molar-refractivity contribution in [2.45, 2.75) is 31.6 Å². The molecule has 0 saturated carbocycles. The molecule has 1 rings (SSSR count). The molecule has 0 amide bonds. The fourth-order valence-corrected chi connectivity index (χ4v) is 1.63. The molecule has 15 heavy (non-hydrogen) atoms. The lowest BCUT2D eigenvalue weighted by molar-refractivity contribution is 0.649. The lowest BCUT2D eigenvalue weighted by Crippen LogP contribution is -1.95. The van der Waals surface area contributed by atoms with E-state index in [1.54, 1.807) is 0 Å². The van der Waals surface area contributed by atoms with E-state index in [-0.39, 0.29) is 5.92 Å². The quantitative estimate of drug-likeness (QED) is 0.501. The molecule has 0 spiro atoms. The average Bonchev–Trinajstić information content (AvgIpc) is 2.30. The predicted molar refractivity (Wildman–Crippen MR) is 63.5 cm³/mol. The smallest absolute Gasteiger partial charge is 0.0712 e. The monoisotopic (exact) mass is 199 g/mol. The van der Waals surface area contributed by atoms with Gasteiger partial charge < -0.3 is 0 Å². The molecule has 0 N–H and O–H groups in total. The molecular weight excluding hydrogens is 182 g/mol. The van der Waals surface area contributed by atoms with Gasteiger partial charge in [0.25, 0.3) is 0 Å². The van der Waals surface area contributed by atoms with Crippen LogP contribution in [0.5, 0.6) is 0 Å². The zero-order chi connectivity index (χ0) is 10.9. The third kappa shape index (κ3) is 3.99. The summed E-state index contributed by atoms with van der Waals surface area (Å²) >= 11 is 0. The van der Waals surface area contributed by atoms with E-state index in [2.05, 4.69) is 12.6 Å². The summed E-state index contributed by atoms with van der Waals surface area (Å²) in [7, 11) is 0. The second kappa shape index (κ2) is 6.84. The van der Waals surface area contributed by atoms with Gasteiger partial charge in [-0.05, 0) is 24.8 Å².